The number of nitro groups is 2. The largest absolute Gasteiger partial charge is 0.366 e. The lowest BCUT2D eigenvalue weighted by Gasteiger charge is -2.11. The summed E-state index contributed by atoms with van der Waals surface area (Å²) >= 11 is 0. The first-order valence-electron chi connectivity index (χ1n) is 7.02. The predicted molar refractivity (Wildman–Crippen MR) is 95.4 cm³/mol. The van der Waals surface area contributed by atoms with Gasteiger partial charge in [0.25, 0.3) is 17.3 Å². The fourth-order valence-corrected chi connectivity index (χ4v) is 3.42. The van der Waals surface area contributed by atoms with Gasteiger partial charge in [-0.1, -0.05) is 31.6 Å². The van der Waals surface area contributed by atoms with E-state index in [1.807, 2.05) is 13.8 Å². The molecule has 25 heavy (non-hydrogen) atoms. The fourth-order valence-electron chi connectivity index (χ4n) is 2.05. The smallest absolute Gasteiger partial charge is 0.293 e. The van der Waals surface area contributed by atoms with Crippen molar-refractivity contribution in [2.75, 3.05) is 0 Å². The zero-order valence-corrected chi connectivity index (χ0v) is 15.2. The highest BCUT2D eigenvalue weighted by molar-refractivity contribution is 8.76. The van der Waals surface area contributed by atoms with Gasteiger partial charge in [0.15, 0.2) is 5.56 Å². The average molecular weight is 388 g/mol. The number of nitrogens with one attached hydrogen (secondary N) is 1. The van der Waals surface area contributed by atoms with E-state index in [1.54, 1.807) is 0 Å². The molecule has 1 aromatic carbocycles. The number of hydrogen-bond acceptors (Lipinski definition) is 8. The Morgan fingerprint density at radius 2 is 1.88 bits per heavy atom. The van der Waals surface area contributed by atoms with Gasteiger partial charge in [-0.3, -0.25) is 34.5 Å². The second-order valence-electron chi connectivity index (χ2n) is 5.04. The summed E-state index contributed by atoms with van der Waals surface area (Å²) in [6.45, 7) is 5.25. The molecule has 0 fully saturated rings. The van der Waals surface area contributed by atoms with Crippen molar-refractivity contribution in [3.05, 3.63) is 43.0 Å². The molecule has 10 nitrogen and oxygen atoms in total. The Bertz CT molecular complexity index is 738. The number of carbonyl (C=O) groups excluding carboxylic acids is 2. The van der Waals surface area contributed by atoms with Crippen LogP contribution in [-0.4, -0.2) is 26.9 Å². The van der Waals surface area contributed by atoms with Gasteiger partial charge in [-0.25, -0.2) is 0 Å². The van der Waals surface area contributed by atoms with E-state index < -0.39 is 38.6 Å². The molecule has 0 bridgehead atoms. The molecule has 0 aliphatic carbocycles. The quantitative estimate of drug-likeness (QED) is 0.297. The molecule has 136 valence electrons. The third-order valence-corrected chi connectivity index (χ3v) is 5.43. The Morgan fingerprint density at radius 1 is 1.28 bits per heavy atom. The number of rotatable bonds is 8. The molecule has 0 unspecified atom stereocenters. The van der Waals surface area contributed by atoms with Crippen LogP contribution in [0.4, 0.5) is 11.4 Å². The highest BCUT2D eigenvalue weighted by atomic mass is 33.1. The third-order valence-electron chi connectivity index (χ3n) is 2.99. The van der Waals surface area contributed by atoms with Crippen molar-refractivity contribution < 1.29 is 19.4 Å². The van der Waals surface area contributed by atoms with Crippen LogP contribution < -0.4 is 10.5 Å². The molecule has 0 atom stereocenters. The first-order valence-corrected chi connectivity index (χ1v) is 9.24. The molecular weight excluding hydrogens is 372 g/mol. The number of primary amides is 1. The highest BCUT2D eigenvalue weighted by Gasteiger charge is 2.36. The second kappa shape index (κ2) is 8.67. The van der Waals surface area contributed by atoms with E-state index in [-0.39, 0.29) is 22.8 Å². The summed E-state index contributed by atoms with van der Waals surface area (Å²) in [6, 6.07) is 0.809. The lowest BCUT2D eigenvalue weighted by Crippen LogP contribution is -2.22. The van der Waals surface area contributed by atoms with E-state index in [9.17, 15) is 29.8 Å². The zero-order chi connectivity index (χ0) is 19.3. The molecule has 3 N–H and O–H groups in total. The summed E-state index contributed by atoms with van der Waals surface area (Å²) in [5, 5.41) is 22.9. The van der Waals surface area contributed by atoms with Crippen molar-refractivity contribution >= 4 is 45.0 Å². The summed E-state index contributed by atoms with van der Waals surface area (Å²) in [4.78, 5) is 44.8. The maximum atomic E-state index is 12.4. The Labute approximate surface area is 150 Å². The van der Waals surface area contributed by atoms with E-state index in [0.29, 0.717) is 0 Å². The average Bonchev–Trinajstić information content (AvgIpc) is 2.51. The molecular formula is C13H16N4O6S2. The number of amides is 2. The minimum atomic E-state index is -1.04. The lowest BCUT2D eigenvalue weighted by molar-refractivity contribution is -0.395. The highest BCUT2D eigenvalue weighted by Crippen LogP contribution is 2.36. The molecule has 1 rings (SSSR count). The molecule has 2 amide bonds. The molecule has 0 saturated carbocycles. The molecule has 12 heteroatoms. The summed E-state index contributed by atoms with van der Waals surface area (Å²) in [6.07, 6.45) is 0.000742. The minimum absolute atomic E-state index is 0.000742. The molecule has 0 saturated heterocycles. The number of hydrogen-bond donors (Lipinski definition) is 2. The second-order valence-corrected chi connectivity index (χ2v) is 7.62. The Kier molecular flexibility index (Phi) is 7.18. The zero-order valence-electron chi connectivity index (χ0n) is 13.6. The van der Waals surface area contributed by atoms with Gasteiger partial charge in [0.05, 0.1) is 15.4 Å². The maximum Gasteiger partial charge on any atom is 0.293 e. The lowest BCUT2D eigenvalue weighted by atomic mass is 9.96. The number of nitro benzene ring substituents is 2. The first-order chi connectivity index (χ1) is 11.6. The van der Waals surface area contributed by atoms with Gasteiger partial charge in [0, 0.05) is 27.9 Å². The van der Waals surface area contributed by atoms with Gasteiger partial charge in [0.1, 0.15) is 0 Å². The van der Waals surface area contributed by atoms with Crippen LogP contribution in [0, 0.1) is 20.2 Å². The number of benzene rings is 1. The third kappa shape index (κ3) is 4.82. The Balaban J connectivity index is 3.62. The van der Waals surface area contributed by atoms with E-state index >= 15 is 0 Å². The van der Waals surface area contributed by atoms with E-state index in [1.165, 1.54) is 17.7 Å². The van der Waals surface area contributed by atoms with E-state index in [4.69, 9.17) is 5.73 Å². The number of carbonyl (C=O) groups is 2. The standard InChI is InChI=1S/C13H16N4O6S2/c1-4-7-8(12(14)18)5-9(16(20)21)10(11(7)17(22)23)13(19)15-25-24-6(2)3/h5-6H,4H2,1-3H3,(H2,14,18)(H,15,19). The van der Waals surface area contributed by atoms with Crippen LogP contribution in [0.3, 0.4) is 0 Å². The van der Waals surface area contributed by atoms with Crippen LogP contribution >= 0.6 is 21.8 Å². The summed E-state index contributed by atoms with van der Waals surface area (Å²) in [5.74, 6) is -2.03. The molecule has 0 aliphatic heterocycles. The minimum Gasteiger partial charge on any atom is -0.366 e. The van der Waals surface area contributed by atoms with Crippen LogP contribution in [-0.2, 0) is 6.42 Å². The van der Waals surface area contributed by atoms with Crippen LogP contribution in [0.25, 0.3) is 0 Å². The monoisotopic (exact) mass is 388 g/mol. The molecule has 0 heterocycles. The van der Waals surface area contributed by atoms with Crippen molar-refractivity contribution in [2.24, 2.45) is 5.73 Å². The van der Waals surface area contributed by atoms with Crippen molar-refractivity contribution in [1.29, 1.82) is 0 Å². The van der Waals surface area contributed by atoms with E-state index in [2.05, 4.69) is 4.72 Å². The van der Waals surface area contributed by atoms with Crippen molar-refractivity contribution in [3.8, 4) is 0 Å². The van der Waals surface area contributed by atoms with Crippen molar-refractivity contribution in [2.45, 2.75) is 32.4 Å². The van der Waals surface area contributed by atoms with Gasteiger partial charge in [0.2, 0.25) is 5.91 Å². The number of nitrogens with zero attached hydrogens (tertiary/aromatic N) is 2. The normalized spacial score (nSPS) is 10.6. The van der Waals surface area contributed by atoms with Crippen LogP contribution in [0.1, 0.15) is 47.1 Å². The SMILES string of the molecule is CCc1c(C(N)=O)cc([N+](=O)[O-])c(C(=O)NSSC(C)C)c1[N+](=O)[O-]. The van der Waals surface area contributed by atoms with Crippen LogP contribution in [0.15, 0.2) is 6.07 Å². The van der Waals surface area contributed by atoms with E-state index in [0.717, 1.165) is 17.0 Å². The topological polar surface area (TPSA) is 158 Å². The summed E-state index contributed by atoms with van der Waals surface area (Å²) in [7, 11) is 2.18. The van der Waals surface area contributed by atoms with Crippen molar-refractivity contribution in [1.82, 2.24) is 4.72 Å². The molecule has 0 radical (unpaired) electrons. The van der Waals surface area contributed by atoms with Gasteiger partial charge in [-0.05, 0) is 6.42 Å². The fraction of sp³-hybridized carbons (Fsp3) is 0.385. The van der Waals surface area contributed by atoms with Crippen molar-refractivity contribution in [3.63, 3.8) is 0 Å². The molecule has 0 spiro atoms. The van der Waals surface area contributed by atoms with Crippen LogP contribution in [0.2, 0.25) is 0 Å². The Hall–Kier alpha value is -2.34. The molecule has 1 aromatic rings. The predicted octanol–water partition coefficient (Wildman–Crippen LogP) is 2.60. The molecule has 0 aliphatic rings. The van der Waals surface area contributed by atoms with Gasteiger partial charge >= 0.3 is 0 Å². The van der Waals surface area contributed by atoms with Gasteiger partial charge in [-0.15, -0.1) is 0 Å². The number of nitrogens with two attached hydrogens (primary N) is 1. The van der Waals surface area contributed by atoms with Gasteiger partial charge in [-0.2, -0.15) is 0 Å². The first kappa shape index (κ1) is 20.7. The Morgan fingerprint density at radius 3 is 2.28 bits per heavy atom. The van der Waals surface area contributed by atoms with Crippen LogP contribution in [0.5, 0.6) is 0 Å². The van der Waals surface area contributed by atoms with Gasteiger partial charge < -0.3 is 5.73 Å². The molecule has 0 aromatic heterocycles. The maximum absolute atomic E-state index is 12.4. The summed E-state index contributed by atoms with van der Waals surface area (Å²) in [5.41, 5.74) is 2.39. The summed E-state index contributed by atoms with van der Waals surface area (Å²) < 4.78 is 2.34.